The third-order valence-electron chi connectivity index (χ3n) is 4.15. The van der Waals surface area contributed by atoms with Crippen molar-refractivity contribution >= 4 is 6.09 Å². The van der Waals surface area contributed by atoms with Crippen molar-refractivity contribution in [1.29, 1.82) is 0 Å². The van der Waals surface area contributed by atoms with Crippen molar-refractivity contribution in [2.24, 2.45) is 5.73 Å². The van der Waals surface area contributed by atoms with E-state index < -0.39 is 12.3 Å². The van der Waals surface area contributed by atoms with Crippen molar-refractivity contribution in [3.05, 3.63) is 59.7 Å². The highest BCUT2D eigenvalue weighted by atomic mass is 16.6. The highest BCUT2D eigenvalue weighted by Gasteiger charge is 2.29. The molecule has 5 heteroatoms. The van der Waals surface area contributed by atoms with Gasteiger partial charge in [0.25, 0.3) is 0 Å². The topological polar surface area (TPSA) is 73.6 Å². The Balaban J connectivity index is 1.66. The van der Waals surface area contributed by atoms with Gasteiger partial charge in [0.2, 0.25) is 0 Å². The minimum Gasteiger partial charge on any atom is -0.448 e. The zero-order valence-corrected chi connectivity index (χ0v) is 13.7. The van der Waals surface area contributed by atoms with E-state index in [1.807, 2.05) is 24.3 Å². The van der Waals surface area contributed by atoms with Crippen molar-refractivity contribution in [3.63, 3.8) is 0 Å². The van der Waals surface area contributed by atoms with E-state index >= 15 is 0 Å². The summed E-state index contributed by atoms with van der Waals surface area (Å²) in [5, 5.41) is 2.65. The van der Waals surface area contributed by atoms with Gasteiger partial charge in [-0.05, 0) is 29.2 Å². The number of nitrogens with one attached hydrogen (secondary N) is 1. The van der Waals surface area contributed by atoms with Crippen LogP contribution in [0, 0.1) is 0 Å². The number of alkyl carbamates (subject to hydrolysis) is 1. The maximum absolute atomic E-state index is 12.0. The summed E-state index contributed by atoms with van der Waals surface area (Å²) < 4.78 is 10.7. The molecule has 3 N–H and O–H groups in total. The second-order valence-electron chi connectivity index (χ2n) is 5.77. The minimum atomic E-state index is -0.485. The molecule has 24 heavy (non-hydrogen) atoms. The SMILES string of the molecule is CC(NC(=O)OCC1c2ccccc2-c2ccccc21)OCCN. The van der Waals surface area contributed by atoms with E-state index in [0.717, 1.165) is 0 Å². The normalized spacial score (nSPS) is 13.9. The molecule has 0 spiro atoms. The first kappa shape index (κ1) is 16.5. The average Bonchev–Trinajstić information content (AvgIpc) is 2.92. The number of fused-ring (bicyclic) bond motifs is 3. The van der Waals surface area contributed by atoms with Crippen molar-refractivity contribution < 1.29 is 14.3 Å². The van der Waals surface area contributed by atoms with Crippen LogP contribution in [0.15, 0.2) is 48.5 Å². The number of benzene rings is 2. The first-order valence-electron chi connectivity index (χ1n) is 8.14. The fourth-order valence-corrected chi connectivity index (χ4v) is 3.09. The van der Waals surface area contributed by atoms with Crippen LogP contribution >= 0.6 is 0 Å². The molecule has 1 aliphatic rings. The Bertz CT molecular complexity index is 672. The number of amides is 1. The molecule has 0 radical (unpaired) electrons. The molecule has 0 saturated heterocycles. The van der Waals surface area contributed by atoms with E-state index in [4.69, 9.17) is 15.2 Å². The lowest BCUT2D eigenvalue weighted by atomic mass is 9.98. The Hall–Kier alpha value is -2.37. The number of ether oxygens (including phenoxy) is 2. The molecule has 5 nitrogen and oxygen atoms in total. The summed E-state index contributed by atoms with van der Waals surface area (Å²) in [6, 6.07) is 16.5. The number of carbonyl (C=O) groups excluding carboxylic acids is 1. The van der Waals surface area contributed by atoms with E-state index in [2.05, 4.69) is 29.6 Å². The maximum atomic E-state index is 12.0. The van der Waals surface area contributed by atoms with Gasteiger partial charge >= 0.3 is 6.09 Å². The highest BCUT2D eigenvalue weighted by Crippen LogP contribution is 2.44. The smallest absolute Gasteiger partial charge is 0.409 e. The number of carbonyl (C=O) groups is 1. The number of hydrogen-bond acceptors (Lipinski definition) is 4. The molecule has 0 saturated carbocycles. The van der Waals surface area contributed by atoms with E-state index in [1.165, 1.54) is 22.3 Å². The van der Waals surface area contributed by atoms with Gasteiger partial charge in [-0.2, -0.15) is 0 Å². The molecule has 126 valence electrons. The van der Waals surface area contributed by atoms with E-state index in [0.29, 0.717) is 19.8 Å². The second kappa shape index (κ2) is 7.47. The molecule has 1 unspecified atom stereocenters. The summed E-state index contributed by atoms with van der Waals surface area (Å²) in [6.45, 7) is 2.85. The van der Waals surface area contributed by atoms with Gasteiger partial charge in [0.15, 0.2) is 0 Å². The molecule has 1 amide bonds. The van der Waals surface area contributed by atoms with Gasteiger partial charge in [-0.15, -0.1) is 0 Å². The maximum Gasteiger partial charge on any atom is 0.409 e. The van der Waals surface area contributed by atoms with Gasteiger partial charge in [0, 0.05) is 12.5 Å². The zero-order valence-electron chi connectivity index (χ0n) is 13.7. The standard InChI is InChI=1S/C19H22N2O3/c1-13(23-11-10-20)21-19(22)24-12-18-16-8-4-2-6-14(16)15-7-3-5-9-17(15)18/h2-9,13,18H,10-12,20H2,1H3,(H,21,22). The van der Waals surface area contributed by atoms with Crippen molar-refractivity contribution in [2.75, 3.05) is 19.8 Å². The number of hydrogen-bond donors (Lipinski definition) is 2. The molecule has 3 rings (SSSR count). The van der Waals surface area contributed by atoms with Gasteiger partial charge in [0.1, 0.15) is 12.8 Å². The van der Waals surface area contributed by atoms with Gasteiger partial charge in [-0.1, -0.05) is 48.5 Å². The van der Waals surface area contributed by atoms with Crippen LogP contribution in [0.25, 0.3) is 11.1 Å². The molecular formula is C19H22N2O3. The van der Waals surface area contributed by atoms with Crippen LogP contribution in [0.3, 0.4) is 0 Å². The third-order valence-corrected chi connectivity index (χ3v) is 4.15. The summed E-state index contributed by atoms with van der Waals surface area (Å²) >= 11 is 0. The molecule has 0 fully saturated rings. The Kier molecular flexibility index (Phi) is 5.13. The van der Waals surface area contributed by atoms with E-state index in [1.54, 1.807) is 6.92 Å². The fraction of sp³-hybridized carbons (Fsp3) is 0.316. The molecule has 1 aliphatic carbocycles. The summed E-state index contributed by atoms with van der Waals surface area (Å²) in [7, 11) is 0. The van der Waals surface area contributed by atoms with Gasteiger partial charge in [-0.25, -0.2) is 4.79 Å². The lowest BCUT2D eigenvalue weighted by Crippen LogP contribution is -2.36. The number of rotatable bonds is 6. The van der Waals surface area contributed by atoms with Gasteiger partial charge in [-0.3, -0.25) is 5.32 Å². The van der Waals surface area contributed by atoms with Gasteiger partial charge in [0.05, 0.1) is 6.61 Å². The van der Waals surface area contributed by atoms with Crippen LogP contribution in [0.1, 0.15) is 24.0 Å². The Morgan fingerprint density at radius 2 is 1.71 bits per heavy atom. The summed E-state index contributed by atoms with van der Waals surface area (Å²) in [6.07, 6.45) is -0.911. The molecule has 0 aliphatic heterocycles. The third kappa shape index (κ3) is 3.42. The zero-order chi connectivity index (χ0) is 16.9. The Morgan fingerprint density at radius 1 is 1.12 bits per heavy atom. The molecule has 1 atom stereocenters. The van der Waals surface area contributed by atoms with Gasteiger partial charge < -0.3 is 15.2 Å². The predicted octanol–water partition coefficient (Wildman–Crippen LogP) is 2.85. The quantitative estimate of drug-likeness (QED) is 0.801. The summed E-state index contributed by atoms with van der Waals surface area (Å²) in [4.78, 5) is 12.0. The van der Waals surface area contributed by atoms with E-state index in [-0.39, 0.29) is 5.92 Å². The lowest BCUT2D eigenvalue weighted by Gasteiger charge is -2.17. The Morgan fingerprint density at radius 3 is 2.29 bits per heavy atom. The molecule has 0 bridgehead atoms. The largest absolute Gasteiger partial charge is 0.448 e. The molecular weight excluding hydrogens is 304 g/mol. The first-order chi connectivity index (χ1) is 11.7. The summed E-state index contributed by atoms with van der Waals surface area (Å²) in [5.74, 6) is 0.0587. The van der Waals surface area contributed by atoms with Crippen LogP contribution in [-0.2, 0) is 9.47 Å². The van der Waals surface area contributed by atoms with Crippen LogP contribution in [-0.4, -0.2) is 32.1 Å². The summed E-state index contributed by atoms with van der Waals surface area (Å²) in [5.41, 5.74) is 10.2. The van der Waals surface area contributed by atoms with Crippen molar-refractivity contribution in [2.45, 2.75) is 19.1 Å². The minimum absolute atomic E-state index is 0.0587. The molecule has 0 aromatic heterocycles. The first-order valence-corrected chi connectivity index (χ1v) is 8.14. The lowest BCUT2D eigenvalue weighted by molar-refractivity contribution is 0.0415. The van der Waals surface area contributed by atoms with Crippen molar-refractivity contribution in [1.82, 2.24) is 5.32 Å². The Labute approximate surface area is 141 Å². The van der Waals surface area contributed by atoms with Crippen LogP contribution in [0.5, 0.6) is 0 Å². The van der Waals surface area contributed by atoms with Crippen molar-refractivity contribution in [3.8, 4) is 11.1 Å². The fourth-order valence-electron chi connectivity index (χ4n) is 3.09. The molecule has 2 aromatic carbocycles. The van der Waals surface area contributed by atoms with Crippen LogP contribution in [0.2, 0.25) is 0 Å². The highest BCUT2D eigenvalue weighted by molar-refractivity contribution is 5.79. The van der Waals surface area contributed by atoms with E-state index in [9.17, 15) is 4.79 Å². The van der Waals surface area contributed by atoms with Crippen LogP contribution < -0.4 is 11.1 Å². The predicted molar refractivity (Wildman–Crippen MR) is 92.7 cm³/mol. The average molecular weight is 326 g/mol. The second-order valence-corrected chi connectivity index (χ2v) is 5.77. The molecule has 0 heterocycles. The number of nitrogens with two attached hydrogens (primary N) is 1. The monoisotopic (exact) mass is 326 g/mol. The molecule has 2 aromatic rings. The van der Waals surface area contributed by atoms with Crippen LogP contribution in [0.4, 0.5) is 4.79 Å².